The number of pyridine rings is 1. The van der Waals surface area contributed by atoms with Gasteiger partial charge in [0.25, 0.3) is 0 Å². The molecule has 2 aromatic heterocycles. The van der Waals surface area contributed by atoms with Crippen molar-refractivity contribution in [3.63, 3.8) is 0 Å². The van der Waals surface area contributed by atoms with Crippen molar-refractivity contribution in [3.8, 4) is 0 Å². The zero-order valence-corrected chi connectivity index (χ0v) is 16.2. The first-order chi connectivity index (χ1) is 13.1. The number of hydrogen-bond donors (Lipinski definition) is 3. The summed E-state index contributed by atoms with van der Waals surface area (Å²) < 4.78 is 20.7. The molecule has 0 bridgehead atoms. The minimum absolute atomic E-state index is 0.00176. The van der Waals surface area contributed by atoms with Crippen LogP contribution in [0.4, 0.5) is 15.8 Å². The molecule has 0 saturated carbocycles. The summed E-state index contributed by atoms with van der Waals surface area (Å²) in [6, 6.07) is 6.42. The first kappa shape index (κ1) is 18.1. The lowest BCUT2D eigenvalue weighted by molar-refractivity contribution is -0.00814. The Hall–Kier alpha value is -2.24. The molecule has 9 heteroatoms. The van der Waals surface area contributed by atoms with Gasteiger partial charge in [0.15, 0.2) is 0 Å². The number of amides is 1. The number of fused-ring (bicyclic) bond motifs is 1. The van der Waals surface area contributed by atoms with Gasteiger partial charge in [-0.15, -0.1) is 0 Å². The Bertz CT molecular complexity index is 988. The molecular formula is C18H16FIN4O3. The van der Waals surface area contributed by atoms with Crippen molar-refractivity contribution in [2.45, 2.75) is 12.5 Å². The molecule has 7 nitrogen and oxygen atoms in total. The SMILES string of the molecule is O=C(NO[C@H]1CCNC1)c1oc2ccncc2c1Nc1ccc(I)cc1F. The first-order valence-corrected chi connectivity index (χ1v) is 9.45. The summed E-state index contributed by atoms with van der Waals surface area (Å²) in [7, 11) is 0. The average molecular weight is 482 g/mol. The molecule has 3 aromatic rings. The second-order valence-corrected chi connectivity index (χ2v) is 7.34. The molecule has 0 unspecified atom stereocenters. The van der Waals surface area contributed by atoms with E-state index in [1.165, 1.54) is 6.07 Å². The average Bonchev–Trinajstić information content (AvgIpc) is 3.30. The predicted molar refractivity (Wildman–Crippen MR) is 106 cm³/mol. The Balaban J connectivity index is 1.65. The van der Waals surface area contributed by atoms with Crippen LogP contribution in [0.15, 0.2) is 41.1 Å². The molecule has 1 aliphatic rings. The number of hydroxylamine groups is 1. The molecule has 0 radical (unpaired) electrons. The number of nitrogens with zero attached hydrogens (tertiary/aromatic N) is 1. The molecule has 0 aliphatic carbocycles. The standard InChI is InChI=1S/C18H16FIN4O3/c19-13-7-10(20)1-2-14(13)23-16-12-9-22-6-4-15(12)26-17(16)18(25)24-27-11-3-5-21-8-11/h1-2,4,6-7,9,11,21,23H,3,5,8H2,(H,24,25)/t11-/m0/s1. The second kappa shape index (κ2) is 7.79. The summed E-state index contributed by atoms with van der Waals surface area (Å²) >= 11 is 2.03. The number of benzene rings is 1. The van der Waals surface area contributed by atoms with E-state index in [1.54, 1.807) is 30.6 Å². The zero-order chi connectivity index (χ0) is 18.8. The van der Waals surface area contributed by atoms with Crippen LogP contribution in [0, 0.1) is 9.39 Å². The van der Waals surface area contributed by atoms with Crippen LogP contribution in [0.2, 0.25) is 0 Å². The monoisotopic (exact) mass is 482 g/mol. The van der Waals surface area contributed by atoms with Gasteiger partial charge in [-0.1, -0.05) is 0 Å². The van der Waals surface area contributed by atoms with Crippen LogP contribution in [-0.4, -0.2) is 30.1 Å². The van der Waals surface area contributed by atoms with Crippen molar-refractivity contribution >= 4 is 50.8 Å². The molecule has 1 fully saturated rings. The van der Waals surface area contributed by atoms with Crippen molar-refractivity contribution in [1.29, 1.82) is 0 Å². The summed E-state index contributed by atoms with van der Waals surface area (Å²) in [6.45, 7) is 1.51. The summed E-state index contributed by atoms with van der Waals surface area (Å²) in [5.41, 5.74) is 3.46. The molecule has 140 valence electrons. The van der Waals surface area contributed by atoms with Gasteiger partial charge in [-0.25, -0.2) is 9.87 Å². The van der Waals surface area contributed by atoms with Crippen molar-refractivity contribution in [1.82, 2.24) is 15.8 Å². The van der Waals surface area contributed by atoms with Crippen molar-refractivity contribution < 1.29 is 18.4 Å². The second-order valence-electron chi connectivity index (χ2n) is 6.09. The number of rotatable bonds is 5. The van der Waals surface area contributed by atoms with Crippen molar-refractivity contribution in [2.24, 2.45) is 0 Å². The van der Waals surface area contributed by atoms with Gasteiger partial charge in [0.2, 0.25) is 5.76 Å². The van der Waals surface area contributed by atoms with Gasteiger partial charge in [0, 0.05) is 22.5 Å². The van der Waals surface area contributed by atoms with E-state index in [0.717, 1.165) is 16.5 Å². The Morgan fingerprint density at radius 2 is 2.30 bits per heavy atom. The Morgan fingerprint density at radius 3 is 3.07 bits per heavy atom. The maximum Gasteiger partial charge on any atom is 0.312 e. The van der Waals surface area contributed by atoms with E-state index >= 15 is 0 Å². The highest BCUT2D eigenvalue weighted by Crippen LogP contribution is 2.33. The van der Waals surface area contributed by atoms with E-state index in [4.69, 9.17) is 9.25 Å². The number of nitrogens with one attached hydrogen (secondary N) is 3. The molecule has 1 aliphatic heterocycles. The van der Waals surface area contributed by atoms with Crippen molar-refractivity contribution in [3.05, 3.63) is 51.8 Å². The summed E-state index contributed by atoms with van der Waals surface area (Å²) in [6.07, 6.45) is 3.84. The van der Waals surface area contributed by atoms with E-state index in [-0.39, 0.29) is 17.6 Å². The molecule has 27 heavy (non-hydrogen) atoms. The molecule has 3 heterocycles. The quantitative estimate of drug-likeness (QED) is 0.382. The maximum absolute atomic E-state index is 14.3. The number of aromatic nitrogens is 1. The Labute approximate surface area is 167 Å². The summed E-state index contributed by atoms with van der Waals surface area (Å²) in [5.74, 6) is -0.979. The van der Waals surface area contributed by atoms with Crippen LogP contribution in [0.3, 0.4) is 0 Å². The number of carbonyl (C=O) groups excluding carboxylic acids is 1. The number of hydrogen-bond acceptors (Lipinski definition) is 6. The van der Waals surface area contributed by atoms with E-state index in [9.17, 15) is 9.18 Å². The van der Waals surface area contributed by atoms with Gasteiger partial charge < -0.3 is 15.1 Å². The van der Waals surface area contributed by atoms with Gasteiger partial charge in [-0.05, 0) is 59.8 Å². The number of carbonyl (C=O) groups is 1. The van der Waals surface area contributed by atoms with E-state index in [0.29, 0.717) is 23.2 Å². The van der Waals surface area contributed by atoms with Gasteiger partial charge in [-0.3, -0.25) is 14.6 Å². The van der Waals surface area contributed by atoms with E-state index in [1.807, 2.05) is 22.6 Å². The van der Waals surface area contributed by atoms with Gasteiger partial charge in [-0.2, -0.15) is 0 Å². The predicted octanol–water partition coefficient (Wildman–Crippen LogP) is 3.34. The molecule has 1 atom stereocenters. The normalized spacial score (nSPS) is 16.6. The number of anilines is 2. The molecule has 4 rings (SSSR count). The molecule has 1 saturated heterocycles. The summed E-state index contributed by atoms with van der Waals surface area (Å²) in [4.78, 5) is 22.1. The lowest BCUT2D eigenvalue weighted by atomic mass is 10.2. The van der Waals surface area contributed by atoms with E-state index < -0.39 is 11.7 Å². The highest BCUT2D eigenvalue weighted by Gasteiger charge is 2.24. The van der Waals surface area contributed by atoms with Gasteiger partial charge in [0.05, 0.1) is 17.2 Å². The van der Waals surface area contributed by atoms with Crippen LogP contribution < -0.4 is 16.1 Å². The molecule has 0 spiro atoms. The third kappa shape index (κ3) is 3.89. The minimum Gasteiger partial charge on any atom is -0.448 e. The van der Waals surface area contributed by atoms with Crippen LogP contribution in [0.5, 0.6) is 0 Å². The molecule has 1 amide bonds. The van der Waals surface area contributed by atoms with Crippen molar-refractivity contribution in [2.75, 3.05) is 18.4 Å². The van der Waals surface area contributed by atoms with Crippen LogP contribution in [0.1, 0.15) is 17.0 Å². The van der Waals surface area contributed by atoms with Crippen LogP contribution in [0.25, 0.3) is 11.0 Å². The number of furan rings is 1. The fraction of sp³-hybridized carbons (Fsp3) is 0.222. The highest BCUT2D eigenvalue weighted by atomic mass is 127. The highest BCUT2D eigenvalue weighted by molar-refractivity contribution is 14.1. The third-order valence-electron chi connectivity index (χ3n) is 4.22. The first-order valence-electron chi connectivity index (χ1n) is 8.37. The van der Waals surface area contributed by atoms with Crippen LogP contribution >= 0.6 is 22.6 Å². The summed E-state index contributed by atoms with van der Waals surface area (Å²) in [5, 5.41) is 6.68. The maximum atomic E-state index is 14.3. The fourth-order valence-electron chi connectivity index (χ4n) is 2.86. The lowest BCUT2D eigenvalue weighted by Gasteiger charge is -2.11. The molecule has 3 N–H and O–H groups in total. The topological polar surface area (TPSA) is 88.4 Å². The number of halogens is 2. The molecular weight excluding hydrogens is 466 g/mol. The minimum atomic E-state index is -0.550. The van der Waals surface area contributed by atoms with Gasteiger partial charge >= 0.3 is 5.91 Å². The lowest BCUT2D eigenvalue weighted by Crippen LogP contribution is -2.30. The zero-order valence-electron chi connectivity index (χ0n) is 14.1. The largest absolute Gasteiger partial charge is 0.448 e. The molecule has 1 aromatic carbocycles. The smallest absolute Gasteiger partial charge is 0.312 e. The van der Waals surface area contributed by atoms with E-state index in [2.05, 4.69) is 21.1 Å². The Kier molecular flexibility index (Phi) is 5.23. The Morgan fingerprint density at radius 1 is 1.41 bits per heavy atom. The van der Waals surface area contributed by atoms with Gasteiger partial charge in [0.1, 0.15) is 17.1 Å². The van der Waals surface area contributed by atoms with Crippen LogP contribution in [-0.2, 0) is 4.84 Å². The fourth-order valence-corrected chi connectivity index (χ4v) is 3.32. The third-order valence-corrected chi connectivity index (χ3v) is 4.89.